The van der Waals surface area contributed by atoms with E-state index in [2.05, 4.69) is 10.6 Å². The van der Waals surface area contributed by atoms with Crippen LogP contribution < -0.4 is 15.5 Å². The highest BCUT2D eigenvalue weighted by Crippen LogP contribution is 2.49. The van der Waals surface area contributed by atoms with Crippen LogP contribution in [0.2, 0.25) is 5.02 Å². The van der Waals surface area contributed by atoms with E-state index in [4.69, 9.17) is 25.8 Å². The third kappa shape index (κ3) is 11.9. The van der Waals surface area contributed by atoms with E-state index < -0.39 is 71.9 Å². The fourth-order valence-corrected chi connectivity index (χ4v) is 9.73. The molecule has 324 valence electrons. The maximum Gasteiger partial charge on any atom is 0.409 e. The Morgan fingerprint density at radius 3 is 2.59 bits per heavy atom. The van der Waals surface area contributed by atoms with Gasteiger partial charge in [0, 0.05) is 62.9 Å². The molecule has 0 saturated carbocycles. The molecule has 2 saturated heterocycles. The number of halogens is 1. The van der Waals surface area contributed by atoms with E-state index in [1.54, 1.807) is 56.0 Å². The molecule has 59 heavy (non-hydrogen) atoms. The second-order valence-corrected chi connectivity index (χ2v) is 18.9. The molecule has 2 fully saturated rings. The van der Waals surface area contributed by atoms with Gasteiger partial charge < -0.3 is 39.2 Å². The van der Waals surface area contributed by atoms with Crippen LogP contribution in [0.5, 0.6) is 0 Å². The van der Waals surface area contributed by atoms with Gasteiger partial charge in [-0.05, 0) is 51.3 Å². The minimum absolute atomic E-state index is 0.0325. The zero-order valence-electron chi connectivity index (χ0n) is 34.7. The number of fused-ring (bicyclic) bond motifs is 5. The van der Waals surface area contributed by atoms with Gasteiger partial charge in [0.2, 0.25) is 17.7 Å². The first-order valence-corrected chi connectivity index (χ1v) is 22.2. The molecule has 4 bridgehead atoms. The van der Waals surface area contributed by atoms with Crippen LogP contribution in [-0.2, 0) is 44.6 Å². The van der Waals surface area contributed by atoms with E-state index in [0.717, 1.165) is 5.57 Å². The highest BCUT2D eigenvalue weighted by Gasteiger charge is 2.64. The number of benzene rings is 1. The van der Waals surface area contributed by atoms with Gasteiger partial charge in [-0.15, -0.1) is 0 Å². The maximum atomic E-state index is 14.2. The molecule has 3 heterocycles. The molecule has 4 rings (SSSR count). The third-order valence-corrected chi connectivity index (χ3v) is 14.6. The zero-order valence-corrected chi connectivity index (χ0v) is 37.0. The number of nitrogens with one attached hydrogen (secondary N) is 2. The van der Waals surface area contributed by atoms with Crippen molar-refractivity contribution in [2.75, 3.05) is 31.8 Å². The van der Waals surface area contributed by atoms with Crippen LogP contribution >= 0.6 is 33.2 Å². The number of carbonyl (C=O) groups is 7. The van der Waals surface area contributed by atoms with Crippen molar-refractivity contribution in [1.82, 2.24) is 15.5 Å². The number of aldehydes is 2. The molecule has 0 aromatic heterocycles. The number of hydrogen-bond donors (Lipinski definition) is 3. The first-order chi connectivity index (χ1) is 27.8. The summed E-state index contributed by atoms with van der Waals surface area (Å²) in [6.07, 6.45) is 3.02. The van der Waals surface area contributed by atoms with Gasteiger partial charge in [-0.1, -0.05) is 70.8 Å². The maximum absolute atomic E-state index is 14.2. The monoisotopic (exact) mass is 878 g/mol. The molecule has 1 aromatic carbocycles. The van der Waals surface area contributed by atoms with Crippen LogP contribution in [0.3, 0.4) is 0 Å². The Hall–Kier alpha value is -3.90. The van der Waals surface area contributed by atoms with Gasteiger partial charge in [0.05, 0.1) is 29.2 Å². The number of alkyl carbamates (subject to hydrolysis) is 1. The zero-order chi connectivity index (χ0) is 43.8. The molecular formula is C41H55ClN4O11S2. The average molecular weight is 879 g/mol. The lowest BCUT2D eigenvalue weighted by atomic mass is 9.82. The van der Waals surface area contributed by atoms with Crippen molar-refractivity contribution in [2.45, 2.75) is 114 Å². The summed E-state index contributed by atoms with van der Waals surface area (Å²) in [6.45, 7) is 8.74. The SMILES string of the molecule is CNC(=O)CCC(C)SSCCC(=O)N(C)[C@H](C)C(=O)O[C@H]1CC(=O)N(C)c2cc(cc(C=O)c2Cl)C/C(C)=C/C=C/[C@@H](C=O)[C@@]2(O)CC(OC(=O)N2)[C@@H](C)[C@@H]2O[C@@]12C. The number of nitrogens with zero attached hydrogens (tertiary/aromatic N) is 2. The predicted octanol–water partition coefficient (Wildman–Crippen LogP) is 4.80. The molecule has 0 aliphatic carbocycles. The summed E-state index contributed by atoms with van der Waals surface area (Å²) in [7, 11) is 7.67. The number of rotatable bonds is 13. The van der Waals surface area contributed by atoms with Crippen molar-refractivity contribution in [3.05, 3.63) is 52.1 Å². The standard InChI is InChI=1S/C41H55ClN4O11S2/c1-23-10-9-11-29(22-48)41(54)20-31(55-39(53)44-41)25(3)37-40(5,57-37)32(19-35(51)46(8)30-18-27(16-23)17-28(21-47)36(30)42)56-38(52)26(4)45(7)34(50)14-15-58-59-24(2)12-13-33(49)43-6/h9-11,17-18,21-22,24-26,29,31-32,37,54H,12-16,19-20H2,1-8H3,(H,43,49)(H,44,53)/b11-9+,23-10+/t24?,25-,26-,29+,31?,32+,37+,40+,41+/m1/s1. The Balaban J connectivity index is 1.61. The molecule has 15 nitrogen and oxygen atoms in total. The van der Waals surface area contributed by atoms with E-state index in [0.29, 0.717) is 43.2 Å². The van der Waals surface area contributed by atoms with Crippen LogP contribution in [0, 0.1) is 11.8 Å². The lowest BCUT2D eigenvalue weighted by molar-refractivity contribution is -0.161. The lowest BCUT2D eigenvalue weighted by Crippen LogP contribution is -2.61. The largest absolute Gasteiger partial charge is 0.457 e. The number of ether oxygens (including phenoxy) is 3. The van der Waals surface area contributed by atoms with Crippen LogP contribution in [0.25, 0.3) is 0 Å². The predicted molar refractivity (Wildman–Crippen MR) is 226 cm³/mol. The minimum atomic E-state index is -2.01. The number of allylic oxidation sites excluding steroid dienone is 3. The molecule has 0 spiro atoms. The molecular weight excluding hydrogens is 824 g/mol. The number of hydrogen-bond acceptors (Lipinski definition) is 13. The molecule has 18 heteroatoms. The Morgan fingerprint density at radius 1 is 1.22 bits per heavy atom. The quantitative estimate of drug-likeness (QED) is 0.0803. The van der Waals surface area contributed by atoms with E-state index >= 15 is 0 Å². The molecule has 3 N–H and O–H groups in total. The van der Waals surface area contributed by atoms with Gasteiger partial charge in [0.1, 0.15) is 30.1 Å². The molecule has 9 atom stereocenters. The molecule has 2 unspecified atom stereocenters. The Bertz CT molecular complexity index is 1850. The van der Waals surface area contributed by atoms with Crippen LogP contribution in [-0.4, -0.2) is 120 Å². The molecule has 3 aliphatic rings. The van der Waals surface area contributed by atoms with Crippen molar-refractivity contribution in [2.24, 2.45) is 11.8 Å². The van der Waals surface area contributed by atoms with Gasteiger partial charge in [0.25, 0.3) is 0 Å². The van der Waals surface area contributed by atoms with E-state index in [1.165, 1.54) is 47.7 Å². The summed E-state index contributed by atoms with van der Waals surface area (Å²) in [4.78, 5) is 92.6. The van der Waals surface area contributed by atoms with E-state index in [1.807, 2.05) is 13.8 Å². The fourth-order valence-electron chi connectivity index (χ4n) is 7.12. The smallest absolute Gasteiger partial charge is 0.409 e. The first-order valence-electron chi connectivity index (χ1n) is 19.5. The molecule has 0 radical (unpaired) electrons. The second-order valence-electron chi connectivity index (χ2n) is 15.6. The van der Waals surface area contributed by atoms with Crippen LogP contribution in [0.15, 0.2) is 35.9 Å². The molecule has 4 amide bonds. The van der Waals surface area contributed by atoms with Gasteiger partial charge >= 0.3 is 12.1 Å². The van der Waals surface area contributed by atoms with Gasteiger partial charge in [-0.3, -0.25) is 24.5 Å². The average Bonchev–Trinajstić information content (AvgIpc) is 3.90. The minimum Gasteiger partial charge on any atom is -0.457 e. The van der Waals surface area contributed by atoms with Crippen LogP contribution in [0.4, 0.5) is 10.5 Å². The topological polar surface area (TPSA) is 201 Å². The normalized spacial score (nSPS) is 29.6. The Labute approximate surface area is 358 Å². The number of aliphatic hydroxyl groups is 1. The number of carbonyl (C=O) groups excluding carboxylic acids is 7. The van der Waals surface area contributed by atoms with Crippen molar-refractivity contribution >= 4 is 81.2 Å². The molecule has 3 aliphatic heterocycles. The Kier molecular flexibility index (Phi) is 16.7. The van der Waals surface area contributed by atoms with Gasteiger partial charge in [0.15, 0.2) is 12.0 Å². The van der Waals surface area contributed by atoms with Crippen molar-refractivity contribution in [3.63, 3.8) is 0 Å². The number of anilines is 1. The van der Waals surface area contributed by atoms with Gasteiger partial charge in [-0.25, -0.2) is 9.59 Å². The summed E-state index contributed by atoms with van der Waals surface area (Å²) < 4.78 is 17.9. The van der Waals surface area contributed by atoms with E-state index in [9.17, 15) is 38.7 Å². The van der Waals surface area contributed by atoms with Gasteiger partial charge in [-0.2, -0.15) is 0 Å². The second kappa shape index (κ2) is 20.6. The number of epoxide rings is 1. The highest BCUT2D eigenvalue weighted by atomic mass is 35.5. The third-order valence-electron chi connectivity index (χ3n) is 11.2. The number of likely N-dealkylation sites (N-methyl/N-ethyl adjacent to an activating group) is 1. The highest BCUT2D eigenvalue weighted by molar-refractivity contribution is 8.76. The fraction of sp³-hybridized carbons (Fsp3) is 0.585. The summed E-state index contributed by atoms with van der Waals surface area (Å²) in [5.41, 5.74) is -1.46. The summed E-state index contributed by atoms with van der Waals surface area (Å²) in [5.74, 6) is -2.96. The summed E-state index contributed by atoms with van der Waals surface area (Å²) in [5, 5.41) is 16.9. The Morgan fingerprint density at radius 2 is 1.93 bits per heavy atom. The van der Waals surface area contributed by atoms with E-state index in [-0.39, 0.29) is 46.2 Å². The summed E-state index contributed by atoms with van der Waals surface area (Å²) in [6, 6.07) is 2.24. The first kappa shape index (κ1) is 47.8. The number of amides is 4. The van der Waals surface area contributed by atoms with Crippen molar-refractivity contribution < 1.29 is 52.9 Å². The lowest BCUT2D eigenvalue weighted by Gasteiger charge is -2.41. The summed E-state index contributed by atoms with van der Waals surface area (Å²) >= 11 is 6.66. The van der Waals surface area contributed by atoms with Crippen molar-refractivity contribution in [3.8, 4) is 0 Å². The van der Waals surface area contributed by atoms with Crippen molar-refractivity contribution in [1.29, 1.82) is 0 Å². The van der Waals surface area contributed by atoms with Crippen LogP contribution in [0.1, 0.15) is 82.6 Å². The molecule has 1 aromatic rings. The number of esters is 1.